The topological polar surface area (TPSA) is 71.3 Å². The highest BCUT2D eigenvalue weighted by molar-refractivity contribution is 6.10. The van der Waals surface area contributed by atoms with Gasteiger partial charge in [-0.2, -0.15) is 0 Å². The summed E-state index contributed by atoms with van der Waals surface area (Å²) in [6.07, 6.45) is -0.638. The van der Waals surface area contributed by atoms with Gasteiger partial charge in [-0.05, 0) is 18.2 Å². The fraction of sp³-hybridized carbons (Fsp3) is 0.200. The molecule has 3 aromatic rings. The van der Waals surface area contributed by atoms with Gasteiger partial charge < -0.3 is 20.6 Å². The van der Waals surface area contributed by atoms with E-state index in [4.69, 9.17) is 10.5 Å². The second kappa shape index (κ2) is 4.91. The van der Waals surface area contributed by atoms with Crippen molar-refractivity contribution in [1.29, 1.82) is 0 Å². The summed E-state index contributed by atoms with van der Waals surface area (Å²) in [6.45, 7) is 0.402. The van der Waals surface area contributed by atoms with E-state index in [1.54, 1.807) is 0 Å². The van der Waals surface area contributed by atoms with E-state index in [0.29, 0.717) is 0 Å². The standard InChI is InChI=1S/C15H16N2O2/c16-8-10(18)9-19-14-7-3-6-13-15(14)11-4-1-2-5-12(11)17-13/h1-7,10,17-18H,8-9,16H2/t10-/m0/s1. The molecule has 4 N–H and O–H groups in total. The Labute approximate surface area is 110 Å². The zero-order valence-electron chi connectivity index (χ0n) is 10.5. The second-order valence-corrected chi connectivity index (χ2v) is 4.55. The Hall–Kier alpha value is -2.04. The maximum atomic E-state index is 9.50. The van der Waals surface area contributed by atoms with E-state index in [2.05, 4.69) is 11.1 Å². The van der Waals surface area contributed by atoms with Crippen LogP contribution in [0, 0.1) is 0 Å². The van der Waals surface area contributed by atoms with Gasteiger partial charge in [-0.15, -0.1) is 0 Å². The molecule has 19 heavy (non-hydrogen) atoms. The molecule has 0 radical (unpaired) electrons. The van der Waals surface area contributed by atoms with Crippen LogP contribution in [-0.2, 0) is 0 Å². The van der Waals surface area contributed by atoms with E-state index in [9.17, 15) is 5.11 Å². The average molecular weight is 256 g/mol. The fourth-order valence-corrected chi connectivity index (χ4v) is 2.24. The number of para-hydroxylation sites is 1. The molecule has 98 valence electrons. The van der Waals surface area contributed by atoms with Crippen molar-refractivity contribution in [1.82, 2.24) is 4.98 Å². The Balaban J connectivity index is 2.08. The average Bonchev–Trinajstić information content (AvgIpc) is 2.83. The van der Waals surface area contributed by atoms with Crippen LogP contribution in [0.15, 0.2) is 42.5 Å². The number of aromatic amines is 1. The number of fused-ring (bicyclic) bond motifs is 3. The first-order chi connectivity index (χ1) is 9.29. The minimum absolute atomic E-state index is 0.198. The molecule has 0 bridgehead atoms. The monoisotopic (exact) mass is 256 g/mol. The number of hydrogen-bond donors (Lipinski definition) is 3. The van der Waals surface area contributed by atoms with Gasteiger partial charge in [-0.3, -0.25) is 0 Å². The Morgan fingerprint density at radius 1 is 1.11 bits per heavy atom. The predicted molar refractivity (Wildman–Crippen MR) is 76.4 cm³/mol. The summed E-state index contributed by atoms with van der Waals surface area (Å²) < 4.78 is 5.69. The molecule has 0 aliphatic heterocycles. The highest BCUT2D eigenvalue weighted by atomic mass is 16.5. The van der Waals surface area contributed by atoms with Crippen molar-refractivity contribution in [2.75, 3.05) is 13.2 Å². The number of nitrogens with one attached hydrogen (secondary N) is 1. The van der Waals surface area contributed by atoms with Crippen molar-refractivity contribution in [3.8, 4) is 5.75 Å². The van der Waals surface area contributed by atoms with E-state index in [1.807, 2.05) is 36.4 Å². The summed E-state index contributed by atoms with van der Waals surface area (Å²) >= 11 is 0. The Morgan fingerprint density at radius 2 is 1.89 bits per heavy atom. The smallest absolute Gasteiger partial charge is 0.129 e. The van der Waals surface area contributed by atoms with E-state index < -0.39 is 6.10 Å². The number of H-pyrrole nitrogens is 1. The number of nitrogens with two attached hydrogens (primary N) is 1. The molecule has 3 rings (SSSR count). The van der Waals surface area contributed by atoms with Crippen molar-refractivity contribution in [2.45, 2.75) is 6.10 Å². The van der Waals surface area contributed by atoms with Gasteiger partial charge in [0.25, 0.3) is 0 Å². The maximum absolute atomic E-state index is 9.50. The Kier molecular flexibility index (Phi) is 3.11. The third kappa shape index (κ3) is 2.16. The number of benzene rings is 2. The predicted octanol–water partition coefficient (Wildman–Crippen LogP) is 2.02. The number of ether oxygens (including phenoxy) is 1. The minimum atomic E-state index is -0.638. The van der Waals surface area contributed by atoms with Crippen LogP contribution in [0.25, 0.3) is 21.8 Å². The SMILES string of the molecule is NC[C@H](O)COc1cccc2[nH]c3ccccc3c12. The number of aliphatic hydroxyl groups excluding tert-OH is 1. The molecular weight excluding hydrogens is 240 g/mol. The molecule has 4 nitrogen and oxygen atoms in total. The number of aromatic nitrogens is 1. The second-order valence-electron chi connectivity index (χ2n) is 4.55. The van der Waals surface area contributed by atoms with Crippen molar-refractivity contribution in [3.05, 3.63) is 42.5 Å². The van der Waals surface area contributed by atoms with Crippen LogP contribution in [0.1, 0.15) is 0 Å². The Morgan fingerprint density at radius 3 is 2.74 bits per heavy atom. The van der Waals surface area contributed by atoms with Gasteiger partial charge in [0.15, 0.2) is 0 Å². The summed E-state index contributed by atoms with van der Waals surface area (Å²) in [7, 11) is 0. The van der Waals surface area contributed by atoms with Crippen LogP contribution >= 0.6 is 0 Å². The first-order valence-corrected chi connectivity index (χ1v) is 6.30. The number of hydrogen-bond acceptors (Lipinski definition) is 3. The van der Waals surface area contributed by atoms with Crippen LogP contribution in [0.2, 0.25) is 0 Å². The molecule has 0 saturated heterocycles. The van der Waals surface area contributed by atoms with Gasteiger partial charge in [-0.1, -0.05) is 24.3 Å². The van der Waals surface area contributed by atoms with Gasteiger partial charge in [-0.25, -0.2) is 0 Å². The molecule has 4 heteroatoms. The summed E-state index contributed by atoms with van der Waals surface area (Å²) in [5.41, 5.74) is 7.49. The lowest BCUT2D eigenvalue weighted by Crippen LogP contribution is -2.26. The zero-order valence-corrected chi connectivity index (χ0v) is 10.5. The van der Waals surface area contributed by atoms with Crippen molar-refractivity contribution in [3.63, 3.8) is 0 Å². The number of aliphatic hydroxyl groups is 1. The maximum Gasteiger partial charge on any atom is 0.129 e. The third-order valence-corrected chi connectivity index (χ3v) is 3.20. The highest BCUT2D eigenvalue weighted by Gasteiger charge is 2.10. The van der Waals surface area contributed by atoms with Gasteiger partial charge in [0.1, 0.15) is 18.5 Å². The quantitative estimate of drug-likeness (QED) is 0.668. The van der Waals surface area contributed by atoms with E-state index in [-0.39, 0.29) is 13.2 Å². The molecule has 0 unspecified atom stereocenters. The van der Waals surface area contributed by atoms with Crippen LogP contribution < -0.4 is 10.5 Å². The molecule has 0 spiro atoms. The zero-order chi connectivity index (χ0) is 13.2. The minimum Gasteiger partial charge on any atom is -0.490 e. The Bertz CT molecular complexity index is 706. The van der Waals surface area contributed by atoms with Gasteiger partial charge in [0.05, 0.1) is 5.52 Å². The molecule has 0 saturated carbocycles. The van der Waals surface area contributed by atoms with Gasteiger partial charge in [0.2, 0.25) is 0 Å². The summed E-state index contributed by atoms with van der Waals surface area (Å²) in [6, 6.07) is 13.9. The van der Waals surface area contributed by atoms with Crippen molar-refractivity contribution < 1.29 is 9.84 Å². The van der Waals surface area contributed by atoms with E-state index >= 15 is 0 Å². The molecule has 0 fully saturated rings. The van der Waals surface area contributed by atoms with Crippen LogP contribution in [0.5, 0.6) is 5.75 Å². The molecule has 1 atom stereocenters. The largest absolute Gasteiger partial charge is 0.490 e. The lowest BCUT2D eigenvalue weighted by Gasteiger charge is -2.11. The summed E-state index contributed by atoms with van der Waals surface area (Å²) in [4.78, 5) is 3.35. The molecular formula is C15H16N2O2. The molecule has 2 aromatic carbocycles. The first-order valence-electron chi connectivity index (χ1n) is 6.30. The molecule has 1 heterocycles. The number of rotatable bonds is 4. The van der Waals surface area contributed by atoms with Gasteiger partial charge >= 0.3 is 0 Å². The molecule has 0 aliphatic carbocycles. The van der Waals surface area contributed by atoms with Gasteiger partial charge in [0, 0.05) is 22.8 Å². The fourth-order valence-electron chi connectivity index (χ4n) is 2.24. The molecule has 0 aliphatic rings. The lowest BCUT2D eigenvalue weighted by atomic mass is 10.1. The summed E-state index contributed by atoms with van der Waals surface area (Å²) in [5.74, 6) is 0.766. The third-order valence-electron chi connectivity index (χ3n) is 3.20. The van der Waals surface area contributed by atoms with Crippen LogP contribution in [-0.4, -0.2) is 29.3 Å². The normalized spacial score (nSPS) is 12.9. The van der Waals surface area contributed by atoms with Crippen molar-refractivity contribution >= 4 is 21.8 Å². The van der Waals surface area contributed by atoms with Crippen LogP contribution in [0.4, 0.5) is 0 Å². The lowest BCUT2D eigenvalue weighted by molar-refractivity contribution is 0.115. The molecule has 1 aromatic heterocycles. The van der Waals surface area contributed by atoms with Crippen LogP contribution in [0.3, 0.4) is 0 Å². The highest BCUT2D eigenvalue weighted by Crippen LogP contribution is 2.32. The van der Waals surface area contributed by atoms with E-state index in [0.717, 1.165) is 27.6 Å². The summed E-state index contributed by atoms with van der Waals surface area (Å²) in [5, 5.41) is 11.7. The molecule has 0 amide bonds. The van der Waals surface area contributed by atoms with Crippen molar-refractivity contribution in [2.24, 2.45) is 5.73 Å². The first kappa shape index (κ1) is 12.0. The van der Waals surface area contributed by atoms with E-state index in [1.165, 1.54) is 0 Å².